The van der Waals surface area contributed by atoms with E-state index in [2.05, 4.69) is 59.6 Å². The van der Waals surface area contributed by atoms with E-state index >= 15 is 0 Å². The summed E-state index contributed by atoms with van der Waals surface area (Å²) < 4.78 is 5.61. The van der Waals surface area contributed by atoms with Crippen LogP contribution in [0.5, 0.6) is 0 Å². The van der Waals surface area contributed by atoms with Crippen LogP contribution >= 0.6 is 0 Å². The van der Waals surface area contributed by atoms with Gasteiger partial charge in [0.25, 0.3) is 0 Å². The lowest BCUT2D eigenvalue weighted by molar-refractivity contribution is 0.582. The number of hydrogen-bond donors (Lipinski definition) is 1. The summed E-state index contributed by atoms with van der Waals surface area (Å²) in [6, 6.07) is 30.8. The van der Waals surface area contributed by atoms with E-state index in [1.807, 2.05) is 42.6 Å². The van der Waals surface area contributed by atoms with Crippen molar-refractivity contribution in [2.75, 3.05) is 5.73 Å². The zero-order valence-corrected chi connectivity index (χ0v) is 16.3. The fourth-order valence-electron chi connectivity index (χ4n) is 3.80. The molecule has 5 rings (SSSR count). The molecule has 0 spiro atoms. The summed E-state index contributed by atoms with van der Waals surface area (Å²) in [5.41, 5.74) is 14.7. The highest BCUT2D eigenvalue weighted by Crippen LogP contribution is 2.42. The van der Waals surface area contributed by atoms with Crippen molar-refractivity contribution in [3.63, 3.8) is 0 Å². The van der Waals surface area contributed by atoms with Crippen LogP contribution in [0.2, 0.25) is 0 Å². The molecule has 0 aliphatic carbocycles. The number of furan rings is 1. The van der Waals surface area contributed by atoms with E-state index < -0.39 is 0 Å². The Balaban J connectivity index is 1.66. The molecule has 2 aromatic heterocycles. The van der Waals surface area contributed by atoms with Gasteiger partial charge in [0.15, 0.2) is 0 Å². The third-order valence-corrected chi connectivity index (χ3v) is 5.29. The molecule has 0 radical (unpaired) electrons. The first-order chi connectivity index (χ1) is 14.8. The van der Waals surface area contributed by atoms with Crippen LogP contribution in [0.1, 0.15) is 0 Å². The van der Waals surface area contributed by atoms with Gasteiger partial charge in [-0.25, -0.2) is 0 Å². The number of pyridine rings is 1. The molecule has 144 valence electrons. The van der Waals surface area contributed by atoms with Crippen molar-refractivity contribution in [2.45, 2.75) is 0 Å². The molecule has 0 saturated carbocycles. The minimum Gasteiger partial charge on any atom is -0.464 e. The lowest BCUT2D eigenvalue weighted by atomic mass is 9.90. The molecule has 0 bridgehead atoms. The molecular weight excluding hydrogens is 368 g/mol. The number of rotatable bonds is 4. The fourth-order valence-corrected chi connectivity index (χ4v) is 3.80. The highest BCUT2D eigenvalue weighted by Gasteiger charge is 2.17. The maximum Gasteiger partial charge on any atom is 0.135 e. The average Bonchev–Trinajstić information content (AvgIpc) is 3.35. The standard InChI is InChI=1S/C27H20N2O/c28-27-24(25-9-5-17-30-25)15-14-23(26(27)22-8-4-16-29-18-22)21-12-10-20(11-13-21)19-6-2-1-3-7-19/h1-18H,28H2. The molecule has 2 heterocycles. The number of nitrogens with two attached hydrogens (primary N) is 1. The largest absolute Gasteiger partial charge is 0.464 e. The first-order valence-corrected chi connectivity index (χ1v) is 9.84. The van der Waals surface area contributed by atoms with Crippen LogP contribution in [0.4, 0.5) is 5.69 Å². The number of aromatic nitrogens is 1. The highest BCUT2D eigenvalue weighted by molar-refractivity contribution is 5.97. The highest BCUT2D eigenvalue weighted by atomic mass is 16.3. The molecule has 3 aromatic carbocycles. The molecule has 3 nitrogen and oxygen atoms in total. The van der Waals surface area contributed by atoms with Gasteiger partial charge in [0.2, 0.25) is 0 Å². The number of hydrogen-bond acceptors (Lipinski definition) is 3. The number of anilines is 1. The molecule has 0 aliphatic heterocycles. The van der Waals surface area contributed by atoms with Crippen LogP contribution in [0.3, 0.4) is 0 Å². The Hall–Kier alpha value is -4.11. The molecule has 0 amide bonds. The van der Waals surface area contributed by atoms with Crippen molar-refractivity contribution < 1.29 is 4.42 Å². The monoisotopic (exact) mass is 388 g/mol. The van der Waals surface area contributed by atoms with E-state index in [1.54, 1.807) is 12.5 Å². The number of nitrogens with zero attached hydrogens (tertiary/aromatic N) is 1. The summed E-state index contributed by atoms with van der Waals surface area (Å²) in [6.07, 6.45) is 5.28. The van der Waals surface area contributed by atoms with Crippen molar-refractivity contribution in [1.82, 2.24) is 4.98 Å². The second-order valence-corrected chi connectivity index (χ2v) is 7.11. The zero-order chi connectivity index (χ0) is 20.3. The second-order valence-electron chi connectivity index (χ2n) is 7.11. The Morgan fingerprint density at radius 1 is 0.600 bits per heavy atom. The zero-order valence-electron chi connectivity index (χ0n) is 16.3. The van der Waals surface area contributed by atoms with Gasteiger partial charge in [-0.3, -0.25) is 4.98 Å². The molecule has 0 saturated heterocycles. The first-order valence-electron chi connectivity index (χ1n) is 9.84. The van der Waals surface area contributed by atoms with Crippen LogP contribution < -0.4 is 5.73 Å². The number of nitrogen functional groups attached to an aromatic ring is 1. The van der Waals surface area contributed by atoms with Crippen LogP contribution in [0.25, 0.3) is 44.7 Å². The minimum absolute atomic E-state index is 0.683. The van der Waals surface area contributed by atoms with Crippen molar-refractivity contribution in [3.8, 4) is 44.7 Å². The summed E-state index contributed by atoms with van der Waals surface area (Å²) in [7, 11) is 0. The maximum absolute atomic E-state index is 6.68. The Bertz CT molecular complexity index is 1260. The molecule has 3 heteroatoms. The third kappa shape index (κ3) is 3.27. The van der Waals surface area contributed by atoms with Crippen molar-refractivity contribution in [1.29, 1.82) is 0 Å². The van der Waals surface area contributed by atoms with E-state index in [4.69, 9.17) is 10.2 Å². The molecule has 30 heavy (non-hydrogen) atoms. The molecule has 2 N–H and O–H groups in total. The second kappa shape index (κ2) is 7.72. The quantitative estimate of drug-likeness (QED) is 0.340. The number of benzene rings is 3. The van der Waals surface area contributed by atoms with Gasteiger partial charge in [0.05, 0.1) is 12.0 Å². The maximum atomic E-state index is 6.68. The van der Waals surface area contributed by atoms with Gasteiger partial charge in [-0.1, -0.05) is 66.7 Å². The van der Waals surface area contributed by atoms with E-state index in [-0.39, 0.29) is 0 Å². The van der Waals surface area contributed by atoms with Crippen LogP contribution in [-0.2, 0) is 0 Å². The minimum atomic E-state index is 0.683. The van der Waals surface area contributed by atoms with Crippen LogP contribution in [0.15, 0.2) is 114 Å². The fraction of sp³-hybridized carbons (Fsp3) is 0. The molecule has 5 aromatic rings. The van der Waals surface area contributed by atoms with Gasteiger partial charge < -0.3 is 10.2 Å². The lowest BCUT2D eigenvalue weighted by Crippen LogP contribution is -1.97. The average molecular weight is 388 g/mol. The molecule has 0 aliphatic rings. The van der Waals surface area contributed by atoms with Gasteiger partial charge in [0, 0.05) is 29.1 Å². The predicted molar refractivity (Wildman–Crippen MR) is 123 cm³/mol. The van der Waals surface area contributed by atoms with E-state index in [1.165, 1.54) is 11.1 Å². The van der Waals surface area contributed by atoms with Crippen molar-refractivity contribution in [2.24, 2.45) is 0 Å². The summed E-state index contributed by atoms with van der Waals surface area (Å²) >= 11 is 0. The van der Waals surface area contributed by atoms with Crippen molar-refractivity contribution in [3.05, 3.63) is 110 Å². The topological polar surface area (TPSA) is 52.0 Å². The summed E-state index contributed by atoms with van der Waals surface area (Å²) in [5, 5.41) is 0. The molecule has 0 atom stereocenters. The molecular formula is C27H20N2O. The predicted octanol–water partition coefficient (Wildman–Crippen LogP) is 6.92. The normalized spacial score (nSPS) is 10.8. The molecule has 0 fully saturated rings. The van der Waals surface area contributed by atoms with Gasteiger partial charge >= 0.3 is 0 Å². The van der Waals surface area contributed by atoms with Gasteiger partial charge in [-0.2, -0.15) is 0 Å². The SMILES string of the molecule is Nc1c(-c2ccco2)ccc(-c2ccc(-c3ccccc3)cc2)c1-c1cccnc1. The van der Waals surface area contributed by atoms with E-state index in [9.17, 15) is 0 Å². The Morgan fingerprint density at radius 2 is 1.30 bits per heavy atom. The van der Waals surface area contributed by atoms with Crippen LogP contribution in [0, 0.1) is 0 Å². The van der Waals surface area contributed by atoms with Crippen LogP contribution in [-0.4, -0.2) is 4.98 Å². The molecule has 0 unspecified atom stereocenters. The van der Waals surface area contributed by atoms with Gasteiger partial charge in [-0.05, 0) is 46.5 Å². The Kier molecular flexibility index (Phi) is 4.62. The Morgan fingerprint density at radius 3 is 2.00 bits per heavy atom. The summed E-state index contributed by atoms with van der Waals surface area (Å²) in [4.78, 5) is 4.30. The van der Waals surface area contributed by atoms with Gasteiger partial charge in [-0.15, -0.1) is 0 Å². The van der Waals surface area contributed by atoms with Crippen molar-refractivity contribution >= 4 is 5.69 Å². The van der Waals surface area contributed by atoms with E-state index in [0.717, 1.165) is 33.6 Å². The van der Waals surface area contributed by atoms with Gasteiger partial charge in [0.1, 0.15) is 5.76 Å². The third-order valence-electron chi connectivity index (χ3n) is 5.29. The smallest absolute Gasteiger partial charge is 0.135 e. The first kappa shape index (κ1) is 18.0. The lowest BCUT2D eigenvalue weighted by Gasteiger charge is -2.16. The summed E-state index contributed by atoms with van der Waals surface area (Å²) in [6.45, 7) is 0. The summed E-state index contributed by atoms with van der Waals surface area (Å²) in [5.74, 6) is 0.753. The van der Waals surface area contributed by atoms with E-state index in [0.29, 0.717) is 5.69 Å². The Labute approximate surface area is 175 Å².